The van der Waals surface area contributed by atoms with Crippen molar-refractivity contribution in [3.63, 3.8) is 0 Å². The molecule has 26 heavy (non-hydrogen) atoms. The first-order valence-corrected chi connectivity index (χ1v) is 8.87. The molecule has 2 aliphatic rings. The molecular weight excluding hydrogens is 453 g/mol. The average molecular weight is 480 g/mol. The van der Waals surface area contributed by atoms with Crippen molar-refractivity contribution < 1.29 is 13.5 Å². The van der Waals surface area contributed by atoms with Gasteiger partial charge in [-0.25, -0.2) is 0 Å². The summed E-state index contributed by atoms with van der Waals surface area (Å²) in [5.74, 6) is 1.50. The van der Waals surface area contributed by atoms with Gasteiger partial charge in [0.05, 0.1) is 0 Å². The molecule has 1 unspecified atom stereocenters. The number of likely N-dealkylation sites (tertiary alicyclic amines) is 1. The van der Waals surface area contributed by atoms with Crippen molar-refractivity contribution in [3.05, 3.63) is 29.8 Å². The molecule has 5 nitrogen and oxygen atoms in total. The van der Waals surface area contributed by atoms with Gasteiger partial charge in [0.25, 0.3) is 0 Å². The molecule has 1 aromatic carbocycles. The van der Waals surface area contributed by atoms with Crippen LogP contribution in [0.2, 0.25) is 0 Å². The Hall–Kier alpha value is -1.16. The molecule has 8 heteroatoms. The summed E-state index contributed by atoms with van der Waals surface area (Å²) in [6.07, 6.45) is 3.92. The van der Waals surface area contributed by atoms with Crippen LogP contribution in [0.5, 0.6) is 5.75 Å². The van der Waals surface area contributed by atoms with Gasteiger partial charge in [0.1, 0.15) is 5.75 Å². The number of rotatable bonds is 7. The van der Waals surface area contributed by atoms with Crippen LogP contribution >= 0.6 is 24.0 Å². The van der Waals surface area contributed by atoms with Gasteiger partial charge >= 0.3 is 6.61 Å². The first-order chi connectivity index (χ1) is 12.2. The van der Waals surface area contributed by atoms with E-state index in [9.17, 15) is 8.78 Å². The third kappa shape index (κ3) is 6.22. The van der Waals surface area contributed by atoms with Crippen LogP contribution < -0.4 is 15.4 Å². The second-order valence-corrected chi connectivity index (χ2v) is 6.67. The van der Waals surface area contributed by atoms with E-state index >= 15 is 0 Å². The quantitative estimate of drug-likeness (QED) is 0.358. The highest BCUT2D eigenvalue weighted by molar-refractivity contribution is 14.0. The Kier molecular flexibility index (Phi) is 8.33. The zero-order valence-electron chi connectivity index (χ0n) is 15.0. The van der Waals surface area contributed by atoms with Crippen LogP contribution in [0.25, 0.3) is 0 Å². The third-order valence-corrected chi connectivity index (χ3v) is 4.80. The minimum Gasteiger partial charge on any atom is -0.434 e. The molecule has 2 N–H and O–H groups in total. The second kappa shape index (κ2) is 10.2. The topological polar surface area (TPSA) is 48.9 Å². The van der Waals surface area contributed by atoms with Crippen molar-refractivity contribution in [1.82, 2.24) is 15.5 Å². The maximum absolute atomic E-state index is 12.5. The Morgan fingerprint density at radius 2 is 2.04 bits per heavy atom. The fourth-order valence-corrected chi connectivity index (χ4v) is 3.30. The molecule has 1 saturated carbocycles. The number of hydrogen-bond acceptors (Lipinski definition) is 3. The third-order valence-electron chi connectivity index (χ3n) is 4.80. The highest BCUT2D eigenvalue weighted by Crippen LogP contribution is 2.31. The van der Waals surface area contributed by atoms with Crippen LogP contribution in [0.1, 0.15) is 24.8 Å². The Morgan fingerprint density at radius 1 is 1.27 bits per heavy atom. The van der Waals surface area contributed by atoms with Crippen LogP contribution in [0.15, 0.2) is 29.3 Å². The number of ether oxygens (including phenoxy) is 1. The predicted octanol–water partition coefficient (Wildman–Crippen LogP) is 3.06. The fraction of sp³-hybridized carbons (Fsp3) is 0.611. The number of halogens is 3. The molecule has 1 atom stereocenters. The molecule has 146 valence electrons. The number of benzene rings is 1. The summed E-state index contributed by atoms with van der Waals surface area (Å²) in [6.45, 7) is 0.774. The van der Waals surface area contributed by atoms with Crippen molar-refractivity contribution in [3.8, 4) is 5.75 Å². The van der Waals surface area contributed by atoms with E-state index in [1.807, 2.05) is 0 Å². The minimum absolute atomic E-state index is 0. The Labute approximate surface area is 170 Å². The lowest BCUT2D eigenvalue weighted by Crippen LogP contribution is -2.40. The van der Waals surface area contributed by atoms with Crippen LogP contribution in [-0.2, 0) is 6.54 Å². The largest absolute Gasteiger partial charge is 0.434 e. The lowest BCUT2D eigenvalue weighted by molar-refractivity contribution is -0.0504. The Morgan fingerprint density at radius 3 is 2.73 bits per heavy atom. The van der Waals surface area contributed by atoms with Crippen molar-refractivity contribution in [2.45, 2.75) is 38.5 Å². The van der Waals surface area contributed by atoms with Gasteiger partial charge in [-0.1, -0.05) is 18.2 Å². The summed E-state index contributed by atoms with van der Waals surface area (Å²) in [5.41, 5.74) is 0.673. The highest BCUT2D eigenvalue weighted by atomic mass is 127. The second-order valence-electron chi connectivity index (χ2n) is 6.67. The van der Waals surface area contributed by atoms with Crippen molar-refractivity contribution in [1.29, 1.82) is 0 Å². The zero-order chi connectivity index (χ0) is 17.6. The van der Waals surface area contributed by atoms with Gasteiger partial charge in [0.2, 0.25) is 0 Å². The molecule has 1 aliphatic carbocycles. The molecule has 0 bridgehead atoms. The van der Waals surface area contributed by atoms with Crippen molar-refractivity contribution in [2.24, 2.45) is 10.9 Å². The van der Waals surface area contributed by atoms with Crippen LogP contribution in [-0.4, -0.2) is 50.2 Å². The minimum atomic E-state index is -2.82. The summed E-state index contributed by atoms with van der Waals surface area (Å²) in [7, 11) is 1.71. The monoisotopic (exact) mass is 480 g/mol. The number of nitrogens with one attached hydrogen (secondary N) is 2. The standard InChI is InChI=1S/C18H26F2N4O.HI/c1-21-18(22-10-13-8-9-24(12-13)15-6-7-15)23-11-14-4-2-3-5-16(14)25-17(19)20;/h2-5,13,15,17H,6-12H2,1H3,(H2,21,22,23);1H. The lowest BCUT2D eigenvalue weighted by atomic mass is 10.1. The molecule has 1 aliphatic heterocycles. The molecule has 0 radical (unpaired) electrons. The molecule has 2 fully saturated rings. The molecular formula is C18H27F2IN4O. The number of guanidine groups is 1. The predicted molar refractivity (Wildman–Crippen MR) is 109 cm³/mol. The van der Waals surface area contributed by atoms with E-state index in [0.717, 1.165) is 19.1 Å². The van der Waals surface area contributed by atoms with E-state index < -0.39 is 6.61 Å². The number of aliphatic imine (C=N–C) groups is 1. The van der Waals surface area contributed by atoms with Crippen LogP contribution in [0.4, 0.5) is 8.78 Å². The lowest BCUT2D eigenvalue weighted by Gasteiger charge is -2.17. The molecule has 3 rings (SSSR count). The van der Waals surface area contributed by atoms with Gasteiger partial charge < -0.3 is 20.3 Å². The van der Waals surface area contributed by atoms with Gasteiger partial charge in [-0.05, 0) is 37.8 Å². The van der Waals surface area contributed by atoms with Crippen molar-refractivity contribution >= 4 is 29.9 Å². The smallest absolute Gasteiger partial charge is 0.387 e. The van der Waals surface area contributed by atoms with Gasteiger partial charge in [-0.2, -0.15) is 8.78 Å². The summed E-state index contributed by atoms with van der Waals surface area (Å²) < 4.78 is 29.5. The van der Waals surface area contributed by atoms with E-state index in [1.54, 1.807) is 31.3 Å². The van der Waals surface area contributed by atoms with Gasteiger partial charge in [-0.15, -0.1) is 24.0 Å². The van der Waals surface area contributed by atoms with E-state index in [1.165, 1.54) is 25.8 Å². The number of hydrogen-bond donors (Lipinski definition) is 2. The Bertz CT molecular complexity index is 598. The summed E-state index contributed by atoms with van der Waals surface area (Å²) in [4.78, 5) is 6.80. The van der Waals surface area contributed by atoms with E-state index in [0.29, 0.717) is 24.0 Å². The molecule has 0 aromatic heterocycles. The van der Waals surface area contributed by atoms with Gasteiger partial charge in [0, 0.05) is 38.3 Å². The molecule has 1 heterocycles. The number of alkyl halides is 2. The first-order valence-electron chi connectivity index (χ1n) is 8.87. The summed E-state index contributed by atoms with van der Waals surface area (Å²) in [5, 5.41) is 6.52. The number of para-hydroxylation sites is 1. The zero-order valence-corrected chi connectivity index (χ0v) is 17.3. The fourth-order valence-electron chi connectivity index (χ4n) is 3.30. The molecule has 0 spiro atoms. The SMILES string of the molecule is CN=C(NCc1ccccc1OC(F)F)NCC1CCN(C2CC2)C1.I. The van der Waals surface area contributed by atoms with Gasteiger partial charge in [0.15, 0.2) is 5.96 Å². The van der Waals surface area contributed by atoms with Crippen LogP contribution in [0, 0.1) is 5.92 Å². The van der Waals surface area contributed by atoms with E-state index in [4.69, 9.17) is 0 Å². The molecule has 1 aromatic rings. The highest BCUT2D eigenvalue weighted by Gasteiger charge is 2.34. The van der Waals surface area contributed by atoms with E-state index in [-0.39, 0.29) is 29.7 Å². The first kappa shape index (κ1) is 21.1. The average Bonchev–Trinajstić information content (AvgIpc) is 3.34. The summed E-state index contributed by atoms with van der Waals surface area (Å²) >= 11 is 0. The maximum atomic E-state index is 12.5. The van der Waals surface area contributed by atoms with Crippen molar-refractivity contribution in [2.75, 3.05) is 26.7 Å². The Balaban J connectivity index is 0.00000243. The van der Waals surface area contributed by atoms with E-state index in [2.05, 4.69) is 25.3 Å². The van der Waals surface area contributed by atoms with Gasteiger partial charge in [-0.3, -0.25) is 4.99 Å². The maximum Gasteiger partial charge on any atom is 0.387 e. The van der Waals surface area contributed by atoms with Crippen LogP contribution in [0.3, 0.4) is 0 Å². The number of nitrogens with zero attached hydrogens (tertiary/aromatic N) is 2. The molecule has 0 amide bonds. The summed E-state index contributed by atoms with van der Waals surface area (Å²) in [6, 6.07) is 7.62. The normalized spacial score (nSPS) is 20.8. The molecule has 1 saturated heterocycles.